The summed E-state index contributed by atoms with van der Waals surface area (Å²) in [6.07, 6.45) is 2.00. The van der Waals surface area contributed by atoms with Crippen molar-refractivity contribution in [3.05, 3.63) is 59.2 Å². The molecule has 0 unspecified atom stereocenters. The van der Waals surface area contributed by atoms with Crippen LogP contribution in [0.5, 0.6) is 0 Å². The van der Waals surface area contributed by atoms with Gasteiger partial charge in [0.15, 0.2) is 0 Å². The van der Waals surface area contributed by atoms with Gasteiger partial charge in [-0.1, -0.05) is 70.2 Å². The smallest absolute Gasteiger partial charge is 0.100 e. The third-order valence-electron chi connectivity index (χ3n) is 3.85. The second kappa shape index (κ2) is 7.27. The molecule has 0 amide bonds. The number of rotatable bonds is 5. The zero-order valence-corrected chi connectivity index (χ0v) is 14.1. The second-order valence-electron chi connectivity index (χ2n) is 6.80. The first-order valence-corrected chi connectivity index (χ1v) is 8.13. The molecule has 1 heteroatoms. The van der Waals surface area contributed by atoms with E-state index in [0.29, 0.717) is 11.8 Å². The zero-order chi connectivity index (χ0) is 16.1. The Balaban J connectivity index is 2.61. The van der Waals surface area contributed by atoms with E-state index < -0.39 is 0 Å². The molecule has 0 atom stereocenters. The lowest BCUT2D eigenvalue weighted by Crippen LogP contribution is -2.06. The SMILES string of the molecule is CC(C)Cc1ccc(-c2ccccc2)c(C#N)c1CC(C)C. The number of benzene rings is 2. The van der Waals surface area contributed by atoms with E-state index in [9.17, 15) is 5.26 Å². The normalized spacial score (nSPS) is 11.0. The van der Waals surface area contributed by atoms with Crippen molar-refractivity contribution in [3.63, 3.8) is 0 Å². The van der Waals surface area contributed by atoms with Gasteiger partial charge in [-0.2, -0.15) is 5.26 Å². The van der Waals surface area contributed by atoms with Crippen LogP contribution in [0, 0.1) is 23.2 Å². The van der Waals surface area contributed by atoms with Gasteiger partial charge in [0.2, 0.25) is 0 Å². The van der Waals surface area contributed by atoms with E-state index in [1.54, 1.807) is 0 Å². The maximum Gasteiger partial charge on any atom is 0.100 e. The Bertz CT molecular complexity index is 660. The van der Waals surface area contributed by atoms with Gasteiger partial charge in [-0.25, -0.2) is 0 Å². The minimum absolute atomic E-state index is 0.545. The minimum Gasteiger partial charge on any atom is -0.192 e. The fourth-order valence-corrected chi connectivity index (χ4v) is 2.95. The van der Waals surface area contributed by atoms with E-state index in [0.717, 1.165) is 29.5 Å². The molecule has 0 bridgehead atoms. The van der Waals surface area contributed by atoms with Crippen molar-refractivity contribution in [2.75, 3.05) is 0 Å². The molecule has 0 aliphatic heterocycles. The van der Waals surface area contributed by atoms with Crippen LogP contribution in [-0.2, 0) is 12.8 Å². The van der Waals surface area contributed by atoms with E-state index in [4.69, 9.17) is 0 Å². The topological polar surface area (TPSA) is 23.8 Å². The van der Waals surface area contributed by atoms with Crippen LogP contribution in [0.15, 0.2) is 42.5 Å². The summed E-state index contributed by atoms with van der Waals surface area (Å²) in [4.78, 5) is 0. The Morgan fingerprint density at radius 2 is 1.50 bits per heavy atom. The molecule has 0 saturated heterocycles. The van der Waals surface area contributed by atoms with Crippen LogP contribution >= 0.6 is 0 Å². The highest BCUT2D eigenvalue weighted by molar-refractivity contribution is 5.73. The van der Waals surface area contributed by atoms with Gasteiger partial charge in [0.05, 0.1) is 5.56 Å². The first-order valence-electron chi connectivity index (χ1n) is 8.13. The Hall–Kier alpha value is -2.07. The quantitative estimate of drug-likeness (QED) is 0.701. The maximum atomic E-state index is 9.78. The van der Waals surface area contributed by atoms with Crippen molar-refractivity contribution < 1.29 is 0 Å². The van der Waals surface area contributed by atoms with Gasteiger partial charge in [0, 0.05) is 0 Å². The average molecular weight is 291 g/mol. The Labute approximate surface area is 134 Å². The molecule has 22 heavy (non-hydrogen) atoms. The molecule has 0 spiro atoms. The predicted octanol–water partition coefficient (Wildman–Crippen LogP) is 5.62. The largest absolute Gasteiger partial charge is 0.192 e. The highest BCUT2D eigenvalue weighted by Gasteiger charge is 2.16. The van der Waals surface area contributed by atoms with Crippen LogP contribution in [0.25, 0.3) is 11.1 Å². The summed E-state index contributed by atoms with van der Waals surface area (Å²) >= 11 is 0. The lowest BCUT2D eigenvalue weighted by atomic mass is 9.85. The van der Waals surface area contributed by atoms with Crippen LogP contribution in [0.2, 0.25) is 0 Å². The Morgan fingerprint density at radius 1 is 0.864 bits per heavy atom. The molecule has 1 nitrogen and oxygen atoms in total. The second-order valence-corrected chi connectivity index (χ2v) is 6.80. The average Bonchev–Trinajstić information content (AvgIpc) is 2.48. The molecule has 0 N–H and O–H groups in total. The molecule has 0 saturated carbocycles. The monoisotopic (exact) mass is 291 g/mol. The zero-order valence-electron chi connectivity index (χ0n) is 14.1. The van der Waals surface area contributed by atoms with Crippen LogP contribution in [-0.4, -0.2) is 0 Å². The Morgan fingerprint density at radius 3 is 2.05 bits per heavy atom. The molecule has 2 rings (SSSR count). The molecule has 0 aliphatic rings. The lowest BCUT2D eigenvalue weighted by molar-refractivity contribution is 0.615. The van der Waals surface area contributed by atoms with Crippen LogP contribution < -0.4 is 0 Å². The number of nitrogens with zero attached hydrogens (tertiary/aromatic N) is 1. The molecule has 0 aliphatic carbocycles. The van der Waals surface area contributed by atoms with Crippen molar-refractivity contribution in [1.29, 1.82) is 5.26 Å². The van der Waals surface area contributed by atoms with Crippen molar-refractivity contribution in [3.8, 4) is 17.2 Å². The number of hydrogen-bond donors (Lipinski definition) is 0. The van der Waals surface area contributed by atoms with E-state index in [2.05, 4.69) is 58.0 Å². The molecule has 0 heterocycles. The molecule has 0 fully saturated rings. The summed E-state index contributed by atoms with van der Waals surface area (Å²) in [5.74, 6) is 1.14. The van der Waals surface area contributed by atoms with Gasteiger partial charge in [0.25, 0.3) is 0 Å². The Kier molecular flexibility index (Phi) is 5.39. The predicted molar refractivity (Wildman–Crippen MR) is 93.7 cm³/mol. The highest BCUT2D eigenvalue weighted by Crippen LogP contribution is 2.30. The molecule has 2 aromatic rings. The molecule has 114 valence electrons. The molecule has 0 radical (unpaired) electrons. The van der Waals surface area contributed by atoms with Gasteiger partial charge in [-0.3, -0.25) is 0 Å². The van der Waals surface area contributed by atoms with Crippen molar-refractivity contribution in [2.24, 2.45) is 11.8 Å². The molecule has 2 aromatic carbocycles. The van der Waals surface area contributed by atoms with Crippen LogP contribution in [0.4, 0.5) is 0 Å². The summed E-state index contributed by atoms with van der Waals surface area (Å²) in [6, 6.07) is 17.1. The maximum absolute atomic E-state index is 9.78. The standard InChI is InChI=1S/C21H25N/c1-15(2)12-18-10-11-19(17-8-6-5-7-9-17)21(14-22)20(18)13-16(3)4/h5-11,15-16H,12-13H2,1-4H3. The number of nitriles is 1. The fourth-order valence-electron chi connectivity index (χ4n) is 2.95. The lowest BCUT2D eigenvalue weighted by Gasteiger charge is -2.18. The minimum atomic E-state index is 0.545. The summed E-state index contributed by atoms with van der Waals surface area (Å²) in [7, 11) is 0. The van der Waals surface area contributed by atoms with Crippen molar-refractivity contribution in [1.82, 2.24) is 0 Å². The van der Waals surface area contributed by atoms with E-state index in [-0.39, 0.29) is 0 Å². The van der Waals surface area contributed by atoms with Crippen molar-refractivity contribution >= 4 is 0 Å². The number of hydrogen-bond acceptors (Lipinski definition) is 1. The van der Waals surface area contributed by atoms with Crippen LogP contribution in [0.3, 0.4) is 0 Å². The third kappa shape index (κ3) is 3.77. The first-order chi connectivity index (χ1) is 10.5. The molecular weight excluding hydrogens is 266 g/mol. The van der Waals surface area contributed by atoms with Crippen molar-refractivity contribution in [2.45, 2.75) is 40.5 Å². The summed E-state index contributed by atoms with van der Waals surface area (Å²) < 4.78 is 0. The van der Waals surface area contributed by atoms with E-state index in [1.807, 2.05) is 18.2 Å². The van der Waals surface area contributed by atoms with Crippen LogP contribution in [0.1, 0.15) is 44.4 Å². The summed E-state index contributed by atoms with van der Waals surface area (Å²) in [6.45, 7) is 8.90. The van der Waals surface area contributed by atoms with E-state index >= 15 is 0 Å². The van der Waals surface area contributed by atoms with E-state index in [1.165, 1.54) is 11.1 Å². The van der Waals surface area contributed by atoms with Gasteiger partial charge >= 0.3 is 0 Å². The fraction of sp³-hybridized carbons (Fsp3) is 0.381. The highest BCUT2D eigenvalue weighted by atomic mass is 14.3. The first kappa shape index (κ1) is 16.3. The summed E-state index contributed by atoms with van der Waals surface area (Å²) in [5.41, 5.74) is 5.62. The van der Waals surface area contributed by atoms with Gasteiger partial charge < -0.3 is 0 Å². The summed E-state index contributed by atoms with van der Waals surface area (Å²) in [5, 5.41) is 9.78. The third-order valence-corrected chi connectivity index (χ3v) is 3.85. The molecular formula is C21H25N. The van der Waals surface area contributed by atoms with Gasteiger partial charge in [0.1, 0.15) is 6.07 Å². The van der Waals surface area contributed by atoms with Gasteiger partial charge in [-0.15, -0.1) is 0 Å². The molecule has 0 aromatic heterocycles. The van der Waals surface area contributed by atoms with Gasteiger partial charge in [-0.05, 0) is 46.9 Å².